The van der Waals surface area contributed by atoms with Gasteiger partial charge in [0.1, 0.15) is 0 Å². The van der Waals surface area contributed by atoms with E-state index in [1.54, 1.807) is 6.08 Å². The van der Waals surface area contributed by atoms with Crippen LogP contribution in [0.4, 0.5) is 0 Å². The molecule has 3 nitrogen and oxygen atoms in total. The Labute approximate surface area is 183 Å². The van der Waals surface area contributed by atoms with Gasteiger partial charge < -0.3 is 0 Å². The van der Waals surface area contributed by atoms with Crippen molar-refractivity contribution in [1.82, 2.24) is 0 Å². The molecule has 1 rings (SSSR count). The molecule has 0 N–H and O–H groups in total. The molecule has 0 aliphatic rings. The summed E-state index contributed by atoms with van der Waals surface area (Å²) in [5.41, 5.74) is 2.86. The number of aliphatic imine (C=N–C) groups is 3. The number of amidine groups is 2. The van der Waals surface area contributed by atoms with E-state index in [0.29, 0.717) is 24.6 Å². The molecule has 0 saturated heterocycles. The Hall–Kier alpha value is -2.85. The van der Waals surface area contributed by atoms with E-state index in [2.05, 4.69) is 40.8 Å². The molecule has 1 aromatic carbocycles. The Kier molecular flexibility index (Phi) is 11.8. The lowest BCUT2D eigenvalue weighted by atomic mass is 10.1. The fourth-order valence-corrected chi connectivity index (χ4v) is 2.66. The van der Waals surface area contributed by atoms with Crippen LogP contribution in [0.15, 0.2) is 117 Å². The number of halogens is 1. The third-order valence-electron chi connectivity index (χ3n) is 3.73. The lowest BCUT2D eigenvalue weighted by Gasteiger charge is -2.08. The van der Waals surface area contributed by atoms with E-state index in [0.717, 1.165) is 21.2 Å². The Morgan fingerprint density at radius 2 is 1.79 bits per heavy atom. The molecule has 0 aliphatic carbocycles. The predicted molar refractivity (Wildman–Crippen MR) is 133 cm³/mol. The summed E-state index contributed by atoms with van der Waals surface area (Å²) >= 11 is 3.45. The van der Waals surface area contributed by atoms with Crippen LogP contribution in [0.1, 0.15) is 25.8 Å². The van der Waals surface area contributed by atoms with Gasteiger partial charge >= 0.3 is 0 Å². The van der Waals surface area contributed by atoms with Gasteiger partial charge in [-0.15, -0.1) is 6.58 Å². The maximum Gasteiger partial charge on any atom is 0.160 e. The average molecular weight is 450 g/mol. The zero-order valence-corrected chi connectivity index (χ0v) is 18.8. The second-order valence-corrected chi connectivity index (χ2v) is 6.84. The molecule has 150 valence electrons. The molecule has 4 heteroatoms. The summed E-state index contributed by atoms with van der Waals surface area (Å²) in [5, 5.41) is 0. The van der Waals surface area contributed by atoms with Gasteiger partial charge in [0.25, 0.3) is 0 Å². The van der Waals surface area contributed by atoms with Gasteiger partial charge in [0.15, 0.2) is 11.7 Å². The summed E-state index contributed by atoms with van der Waals surface area (Å²) in [6, 6.07) is 7.79. The molecule has 0 unspecified atom stereocenters. The number of nitrogens with zero attached hydrogens (tertiary/aromatic N) is 3. The van der Waals surface area contributed by atoms with Crippen LogP contribution in [-0.2, 0) is 0 Å². The first-order valence-electron chi connectivity index (χ1n) is 9.32. The van der Waals surface area contributed by atoms with E-state index in [9.17, 15) is 0 Å². The Morgan fingerprint density at radius 1 is 1.07 bits per heavy atom. The van der Waals surface area contributed by atoms with Gasteiger partial charge in [-0.2, -0.15) is 0 Å². The number of benzene rings is 1. The van der Waals surface area contributed by atoms with Gasteiger partial charge in [-0.1, -0.05) is 83.2 Å². The van der Waals surface area contributed by atoms with Gasteiger partial charge in [-0.3, -0.25) is 4.99 Å². The maximum absolute atomic E-state index is 4.78. The van der Waals surface area contributed by atoms with Crippen LogP contribution in [0.2, 0.25) is 0 Å². The fourth-order valence-electron chi connectivity index (χ4n) is 2.39. The van der Waals surface area contributed by atoms with Crippen molar-refractivity contribution in [2.24, 2.45) is 15.0 Å². The highest BCUT2D eigenvalue weighted by Gasteiger charge is 2.09. The molecule has 0 amide bonds. The molecular formula is C25H28BrN3. The number of allylic oxidation sites excluding steroid dienone is 7. The predicted octanol–water partition coefficient (Wildman–Crippen LogP) is 7.06. The van der Waals surface area contributed by atoms with Crippen molar-refractivity contribution in [2.75, 3.05) is 6.54 Å². The standard InChI is InChI=1S/C25H28BrN3/c1-6-10-14-21(13-9-4)25(28-19-20(11-7-2)12-8-3)29-24(27-5)22-15-17-23(26)18-16-22/h6-12,14-18H,2,4-5,13,19H2,1,3H3/b10-6-,12-8-,20-11+,21-14+,28-25?,29-24?. The summed E-state index contributed by atoms with van der Waals surface area (Å²) in [6.07, 6.45) is 16.1. The van der Waals surface area contributed by atoms with E-state index in [1.807, 2.05) is 80.6 Å². The Bertz CT molecular complexity index is 879. The molecular weight excluding hydrogens is 422 g/mol. The molecule has 0 heterocycles. The minimum atomic E-state index is 0.476. The number of hydrogen-bond donors (Lipinski definition) is 0. The highest BCUT2D eigenvalue weighted by Crippen LogP contribution is 2.15. The minimum Gasteiger partial charge on any atom is -0.262 e. The first-order chi connectivity index (χ1) is 14.1. The van der Waals surface area contributed by atoms with E-state index >= 15 is 0 Å². The van der Waals surface area contributed by atoms with Crippen LogP contribution >= 0.6 is 15.9 Å². The van der Waals surface area contributed by atoms with E-state index < -0.39 is 0 Å². The SMILES string of the molecule is C=C/C=C(\C=C/C)CN=C(N=C(N=C)c1ccc(Br)cc1)/C(=C/C=C\C)CC=C. The monoisotopic (exact) mass is 449 g/mol. The summed E-state index contributed by atoms with van der Waals surface area (Å²) in [7, 11) is 0. The largest absolute Gasteiger partial charge is 0.262 e. The molecule has 29 heavy (non-hydrogen) atoms. The molecule has 0 bridgehead atoms. The van der Waals surface area contributed by atoms with Crippen molar-refractivity contribution in [3.8, 4) is 0 Å². The quantitative estimate of drug-likeness (QED) is 0.167. The van der Waals surface area contributed by atoms with Crippen LogP contribution in [0.25, 0.3) is 0 Å². The van der Waals surface area contributed by atoms with E-state index in [4.69, 9.17) is 9.98 Å². The molecule has 0 aromatic heterocycles. The minimum absolute atomic E-state index is 0.476. The van der Waals surface area contributed by atoms with Crippen LogP contribution in [0.3, 0.4) is 0 Å². The van der Waals surface area contributed by atoms with Crippen LogP contribution in [0, 0.1) is 0 Å². The summed E-state index contributed by atoms with van der Waals surface area (Å²) in [6.45, 7) is 15.8. The molecule has 0 radical (unpaired) electrons. The van der Waals surface area contributed by atoms with Crippen LogP contribution in [0.5, 0.6) is 0 Å². The van der Waals surface area contributed by atoms with Crippen molar-refractivity contribution in [2.45, 2.75) is 20.3 Å². The van der Waals surface area contributed by atoms with Crippen molar-refractivity contribution in [3.05, 3.63) is 107 Å². The average Bonchev–Trinajstić information content (AvgIpc) is 2.72. The van der Waals surface area contributed by atoms with E-state index in [-0.39, 0.29) is 0 Å². The van der Waals surface area contributed by atoms with Gasteiger partial charge in [0.05, 0.1) is 6.54 Å². The molecule has 1 aromatic rings. The van der Waals surface area contributed by atoms with Gasteiger partial charge in [0, 0.05) is 15.6 Å². The molecule has 0 saturated carbocycles. The Balaban J connectivity index is 3.51. The van der Waals surface area contributed by atoms with Crippen LogP contribution < -0.4 is 0 Å². The van der Waals surface area contributed by atoms with Gasteiger partial charge in [-0.25, -0.2) is 9.98 Å². The molecule has 0 aliphatic heterocycles. The highest BCUT2D eigenvalue weighted by molar-refractivity contribution is 9.10. The second kappa shape index (κ2) is 14.2. The molecule has 0 fully saturated rings. The van der Waals surface area contributed by atoms with Crippen molar-refractivity contribution >= 4 is 34.3 Å². The third-order valence-corrected chi connectivity index (χ3v) is 4.26. The smallest absolute Gasteiger partial charge is 0.160 e. The van der Waals surface area contributed by atoms with Crippen molar-refractivity contribution < 1.29 is 0 Å². The fraction of sp³-hybridized carbons (Fsp3) is 0.160. The summed E-state index contributed by atoms with van der Waals surface area (Å²) < 4.78 is 0.990. The molecule has 0 spiro atoms. The number of hydrogen-bond acceptors (Lipinski definition) is 1. The third kappa shape index (κ3) is 8.79. The number of rotatable bonds is 9. The van der Waals surface area contributed by atoms with Gasteiger partial charge in [-0.05, 0) is 44.7 Å². The van der Waals surface area contributed by atoms with Gasteiger partial charge in [0.2, 0.25) is 0 Å². The first kappa shape index (κ1) is 24.2. The zero-order valence-electron chi connectivity index (χ0n) is 17.2. The lowest BCUT2D eigenvalue weighted by Crippen LogP contribution is -2.07. The Morgan fingerprint density at radius 3 is 2.34 bits per heavy atom. The summed E-state index contributed by atoms with van der Waals surface area (Å²) in [5.74, 6) is 1.12. The second-order valence-electron chi connectivity index (χ2n) is 5.93. The van der Waals surface area contributed by atoms with Crippen LogP contribution in [-0.4, -0.2) is 24.9 Å². The van der Waals surface area contributed by atoms with Crippen molar-refractivity contribution in [1.29, 1.82) is 0 Å². The van der Waals surface area contributed by atoms with Crippen molar-refractivity contribution in [3.63, 3.8) is 0 Å². The topological polar surface area (TPSA) is 37.1 Å². The maximum atomic E-state index is 4.78. The lowest BCUT2D eigenvalue weighted by molar-refractivity contribution is 1.15. The molecule has 0 atom stereocenters. The summed E-state index contributed by atoms with van der Waals surface area (Å²) in [4.78, 5) is 13.7. The normalized spacial score (nSPS) is 13.9. The highest BCUT2D eigenvalue weighted by atomic mass is 79.9. The van der Waals surface area contributed by atoms with E-state index in [1.165, 1.54) is 0 Å². The zero-order chi connectivity index (χ0) is 21.5. The first-order valence-corrected chi connectivity index (χ1v) is 10.1.